The van der Waals surface area contributed by atoms with Crippen LogP contribution >= 0.6 is 22.6 Å². The Morgan fingerprint density at radius 2 is 1.60 bits per heavy atom. The quantitative estimate of drug-likeness (QED) is 0.490. The monoisotopic (exact) mass is 381 g/mol. The van der Waals surface area contributed by atoms with E-state index in [1.807, 2.05) is 48.5 Å². The molecule has 0 saturated heterocycles. The Morgan fingerprint density at radius 1 is 1.00 bits per heavy atom. The van der Waals surface area contributed by atoms with Crippen molar-refractivity contribution in [1.29, 1.82) is 0 Å². The number of nitrogens with two attached hydrogens (primary N) is 1. The largest absolute Gasteiger partial charge is 0.461 e. The zero-order chi connectivity index (χ0) is 14.4. The van der Waals surface area contributed by atoms with Crippen molar-refractivity contribution in [3.8, 4) is 0 Å². The Hall–Kier alpha value is -1.56. The normalized spacial score (nSPS) is 10.2. The molecule has 20 heavy (non-hydrogen) atoms. The lowest BCUT2D eigenvalue weighted by atomic mass is 10.1. The summed E-state index contributed by atoms with van der Waals surface area (Å²) < 4.78 is 6.41. The van der Waals surface area contributed by atoms with Crippen LogP contribution in [0.1, 0.15) is 17.5 Å². The number of halogens is 1. The number of nitrogen functional groups attached to an aromatic ring is 1. The van der Waals surface area contributed by atoms with E-state index in [9.17, 15) is 4.79 Å². The second kappa shape index (κ2) is 7.28. The smallest absolute Gasteiger partial charge is 0.306 e. The summed E-state index contributed by atoms with van der Waals surface area (Å²) in [7, 11) is 0. The molecule has 0 unspecified atom stereocenters. The standard InChI is InChI=1S/C16H16INO2/c17-14-6-1-13(2-7-14)11-20-16(19)10-5-12-3-8-15(18)9-4-12/h1-4,6-9H,5,10-11,18H2. The first-order valence-corrected chi connectivity index (χ1v) is 7.46. The molecular weight excluding hydrogens is 365 g/mol. The minimum atomic E-state index is -0.180. The van der Waals surface area contributed by atoms with Crippen LogP contribution in [0.15, 0.2) is 48.5 Å². The Morgan fingerprint density at radius 3 is 2.25 bits per heavy atom. The van der Waals surface area contributed by atoms with Gasteiger partial charge in [0.25, 0.3) is 0 Å². The van der Waals surface area contributed by atoms with Crippen LogP contribution < -0.4 is 5.73 Å². The van der Waals surface area contributed by atoms with Crippen LogP contribution in [0, 0.1) is 3.57 Å². The van der Waals surface area contributed by atoms with E-state index in [1.54, 1.807) is 0 Å². The van der Waals surface area contributed by atoms with E-state index in [0.29, 0.717) is 19.4 Å². The molecule has 0 aromatic heterocycles. The van der Waals surface area contributed by atoms with E-state index in [2.05, 4.69) is 22.6 Å². The summed E-state index contributed by atoms with van der Waals surface area (Å²) in [5.74, 6) is -0.180. The first kappa shape index (κ1) is 14.8. The molecule has 0 heterocycles. The molecule has 2 aromatic rings. The second-order valence-corrected chi connectivity index (χ2v) is 5.77. The third-order valence-electron chi connectivity index (χ3n) is 2.91. The number of hydrogen-bond donors (Lipinski definition) is 1. The number of carbonyl (C=O) groups excluding carboxylic acids is 1. The van der Waals surface area contributed by atoms with E-state index in [0.717, 1.165) is 16.8 Å². The van der Waals surface area contributed by atoms with E-state index < -0.39 is 0 Å². The average molecular weight is 381 g/mol. The summed E-state index contributed by atoms with van der Waals surface area (Å²) in [5.41, 5.74) is 8.44. The van der Waals surface area contributed by atoms with Crippen molar-refractivity contribution in [2.24, 2.45) is 0 Å². The number of ether oxygens (including phenoxy) is 1. The van der Waals surface area contributed by atoms with Crippen molar-refractivity contribution in [3.63, 3.8) is 0 Å². The highest BCUT2D eigenvalue weighted by molar-refractivity contribution is 14.1. The lowest BCUT2D eigenvalue weighted by molar-refractivity contribution is -0.144. The van der Waals surface area contributed by atoms with Crippen molar-refractivity contribution in [2.45, 2.75) is 19.4 Å². The van der Waals surface area contributed by atoms with Gasteiger partial charge in [-0.1, -0.05) is 24.3 Å². The molecule has 0 bridgehead atoms. The van der Waals surface area contributed by atoms with Crippen LogP contribution in [0.5, 0.6) is 0 Å². The number of rotatable bonds is 5. The van der Waals surface area contributed by atoms with Gasteiger partial charge in [0.15, 0.2) is 0 Å². The SMILES string of the molecule is Nc1ccc(CCC(=O)OCc2ccc(I)cc2)cc1. The Bertz CT molecular complexity index is 513. The lowest BCUT2D eigenvalue weighted by Crippen LogP contribution is -2.06. The predicted molar refractivity (Wildman–Crippen MR) is 88.1 cm³/mol. The van der Waals surface area contributed by atoms with Gasteiger partial charge in [0.05, 0.1) is 0 Å². The molecule has 4 heteroatoms. The summed E-state index contributed by atoms with van der Waals surface area (Å²) >= 11 is 2.24. The fourth-order valence-corrected chi connectivity index (χ4v) is 2.11. The number of aryl methyl sites for hydroxylation is 1. The molecule has 0 aliphatic rings. The first-order chi connectivity index (χ1) is 9.63. The molecule has 3 nitrogen and oxygen atoms in total. The first-order valence-electron chi connectivity index (χ1n) is 6.38. The molecule has 2 N–H and O–H groups in total. The Labute approximate surface area is 132 Å². The minimum Gasteiger partial charge on any atom is -0.461 e. The van der Waals surface area contributed by atoms with E-state index in [4.69, 9.17) is 10.5 Å². The molecule has 2 aromatic carbocycles. The van der Waals surface area contributed by atoms with Crippen molar-refractivity contribution in [3.05, 3.63) is 63.2 Å². The summed E-state index contributed by atoms with van der Waals surface area (Å²) in [6, 6.07) is 15.5. The molecule has 0 atom stereocenters. The molecule has 0 radical (unpaired) electrons. The topological polar surface area (TPSA) is 52.3 Å². The zero-order valence-corrected chi connectivity index (χ0v) is 13.2. The molecule has 0 fully saturated rings. The number of benzene rings is 2. The highest BCUT2D eigenvalue weighted by Gasteiger charge is 2.04. The third-order valence-corrected chi connectivity index (χ3v) is 3.63. The van der Waals surface area contributed by atoms with Crippen molar-refractivity contribution in [2.75, 3.05) is 5.73 Å². The fraction of sp³-hybridized carbons (Fsp3) is 0.188. The number of carbonyl (C=O) groups is 1. The van der Waals surface area contributed by atoms with Gasteiger partial charge in [-0.2, -0.15) is 0 Å². The van der Waals surface area contributed by atoms with Crippen LogP contribution in [-0.2, 0) is 22.6 Å². The van der Waals surface area contributed by atoms with Crippen molar-refractivity contribution in [1.82, 2.24) is 0 Å². The number of esters is 1. The van der Waals surface area contributed by atoms with Crippen LogP contribution in [0.3, 0.4) is 0 Å². The molecule has 0 spiro atoms. The van der Waals surface area contributed by atoms with Gasteiger partial charge < -0.3 is 10.5 Å². The van der Waals surface area contributed by atoms with Crippen LogP contribution in [0.2, 0.25) is 0 Å². The lowest BCUT2D eigenvalue weighted by Gasteiger charge is -2.05. The molecule has 0 aliphatic heterocycles. The van der Waals surface area contributed by atoms with Gasteiger partial charge in [0, 0.05) is 15.7 Å². The molecule has 104 valence electrons. The van der Waals surface area contributed by atoms with Gasteiger partial charge in [-0.25, -0.2) is 0 Å². The average Bonchev–Trinajstić information content (AvgIpc) is 2.46. The summed E-state index contributed by atoms with van der Waals surface area (Å²) in [6.07, 6.45) is 1.06. The molecule has 0 aliphatic carbocycles. The van der Waals surface area contributed by atoms with Crippen molar-refractivity contribution >= 4 is 34.2 Å². The fourth-order valence-electron chi connectivity index (χ4n) is 1.75. The van der Waals surface area contributed by atoms with Gasteiger partial charge >= 0.3 is 5.97 Å². The maximum absolute atomic E-state index is 11.7. The van der Waals surface area contributed by atoms with E-state index in [1.165, 1.54) is 3.57 Å². The predicted octanol–water partition coefficient (Wildman–Crippen LogP) is 3.55. The number of anilines is 1. The van der Waals surface area contributed by atoms with Gasteiger partial charge in [-0.05, 0) is 64.4 Å². The highest BCUT2D eigenvalue weighted by Crippen LogP contribution is 2.10. The maximum atomic E-state index is 11.7. The minimum absolute atomic E-state index is 0.180. The summed E-state index contributed by atoms with van der Waals surface area (Å²) in [6.45, 7) is 0.331. The third kappa shape index (κ3) is 4.85. The number of hydrogen-bond acceptors (Lipinski definition) is 3. The van der Waals surface area contributed by atoms with Gasteiger partial charge in [-0.3, -0.25) is 4.79 Å². The van der Waals surface area contributed by atoms with Gasteiger partial charge in [0.2, 0.25) is 0 Å². The van der Waals surface area contributed by atoms with Crippen LogP contribution in [0.25, 0.3) is 0 Å². The van der Waals surface area contributed by atoms with Gasteiger partial charge in [-0.15, -0.1) is 0 Å². The highest BCUT2D eigenvalue weighted by atomic mass is 127. The van der Waals surface area contributed by atoms with Crippen molar-refractivity contribution < 1.29 is 9.53 Å². The van der Waals surface area contributed by atoms with E-state index in [-0.39, 0.29) is 5.97 Å². The van der Waals surface area contributed by atoms with Crippen LogP contribution in [0.4, 0.5) is 5.69 Å². The Balaban J connectivity index is 1.75. The molecular formula is C16H16INO2. The maximum Gasteiger partial charge on any atom is 0.306 e. The summed E-state index contributed by atoms with van der Waals surface area (Å²) in [4.78, 5) is 11.7. The Kier molecular flexibility index (Phi) is 5.40. The molecule has 0 amide bonds. The molecule has 0 saturated carbocycles. The van der Waals surface area contributed by atoms with Crippen LogP contribution in [-0.4, -0.2) is 5.97 Å². The van der Waals surface area contributed by atoms with Gasteiger partial charge in [0.1, 0.15) is 6.61 Å². The molecule has 2 rings (SSSR count). The second-order valence-electron chi connectivity index (χ2n) is 4.53. The van der Waals surface area contributed by atoms with E-state index >= 15 is 0 Å². The zero-order valence-electron chi connectivity index (χ0n) is 11.0. The summed E-state index contributed by atoms with van der Waals surface area (Å²) in [5, 5.41) is 0.